The van der Waals surface area contributed by atoms with Gasteiger partial charge in [0.2, 0.25) is 5.78 Å². The van der Waals surface area contributed by atoms with Crippen LogP contribution >= 0.6 is 11.6 Å². The summed E-state index contributed by atoms with van der Waals surface area (Å²) in [6, 6.07) is 8.82. The molecule has 2 N–H and O–H groups in total. The van der Waals surface area contributed by atoms with E-state index in [1.165, 1.54) is 24.3 Å². The summed E-state index contributed by atoms with van der Waals surface area (Å²) in [7, 11) is 0. The molecular formula is C16H8ClFN2O2. The molecule has 4 rings (SSSR count). The third-order valence-electron chi connectivity index (χ3n) is 3.63. The van der Waals surface area contributed by atoms with E-state index >= 15 is 0 Å². The molecule has 0 unspecified atom stereocenters. The number of Topliss-reactive ketones (excluding diaryl/α,β-unsaturated/α-hetero) is 1. The summed E-state index contributed by atoms with van der Waals surface area (Å²) in [5.41, 5.74) is 1.65. The Kier molecular flexibility index (Phi) is 2.62. The van der Waals surface area contributed by atoms with E-state index in [4.69, 9.17) is 11.6 Å². The van der Waals surface area contributed by atoms with E-state index in [0.29, 0.717) is 27.2 Å². The fourth-order valence-electron chi connectivity index (χ4n) is 2.65. The second-order valence-electron chi connectivity index (χ2n) is 4.99. The maximum absolute atomic E-state index is 13.5. The molecule has 0 atom stereocenters. The van der Waals surface area contributed by atoms with Crippen LogP contribution in [-0.4, -0.2) is 21.6 Å². The third kappa shape index (κ3) is 1.76. The minimum atomic E-state index is -0.459. The molecule has 1 aliphatic rings. The Morgan fingerprint density at radius 2 is 2.00 bits per heavy atom. The first-order chi connectivity index (χ1) is 10.5. The molecule has 108 valence electrons. The van der Waals surface area contributed by atoms with Crippen molar-refractivity contribution in [3.63, 3.8) is 0 Å². The van der Waals surface area contributed by atoms with Gasteiger partial charge in [-0.15, -0.1) is 0 Å². The Labute approximate surface area is 128 Å². The number of fused-ring (bicyclic) bond motifs is 2. The standard InChI is InChI=1S/C16H8ClFN2O2/c17-7-1-3-12-10(5-7)15(21)14(19-12)13-9-6-8(18)2-4-11(9)20-16(13)22/h1-6,20,22H. The summed E-state index contributed by atoms with van der Waals surface area (Å²) < 4.78 is 13.5. The van der Waals surface area contributed by atoms with Gasteiger partial charge in [-0.3, -0.25) is 4.79 Å². The van der Waals surface area contributed by atoms with Crippen molar-refractivity contribution < 1.29 is 14.3 Å². The first-order valence-electron chi connectivity index (χ1n) is 6.48. The average Bonchev–Trinajstić information content (AvgIpc) is 2.96. The lowest BCUT2D eigenvalue weighted by Gasteiger charge is -1.99. The molecule has 0 saturated carbocycles. The molecule has 3 aromatic rings. The van der Waals surface area contributed by atoms with Crippen LogP contribution in [0, 0.1) is 5.82 Å². The van der Waals surface area contributed by atoms with Gasteiger partial charge in [0.15, 0.2) is 5.88 Å². The number of carbonyl (C=O) groups excluding carboxylic acids is 1. The number of nitrogens with one attached hydrogen (secondary N) is 1. The molecule has 6 heteroatoms. The second kappa shape index (κ2) is 4.42. The maximum atomic E-state index is 13.5. The highest BCUT2D eigenvalue weighted by atomic mass is 35.5. The van der Waals surface area contributed by atoms with Crippen LogP contribution in [0.2, 0.25) is 5.02 Å². The zero-order valence-electron chi connectivity index (χ0n) is 11.0. The van der Waals surface area contributed by atoms with Crippen LogP contribution in [0.15, 0.2) is 41.4 Å². The lowest BCUT2D eigenvalue weighted by atomic mass is 10.0. The van der Waals surface area contributed by atoms with Gasteiger partial charge >= 0.3 is 0 Å². The molecule has 2 aromatic carbocycles. The number of rotatable bonds is 1. The number of ketones is 1. The number of H-pyrrole nitrogens is 1. The molecule has 0 fully saturated rings. The van der Waals surface area contributed by atoms with Gasteiger partial charge in [0.25, 0.3) is 0 Å². The van der Waals surface area contributed by atoms with Crippen molar-refractivity contribution in [2.75, 3.05) is 0 Å². The van der Waals surface area contributed by atoms with Gasteiger partial charge in [0.1, 0.15) is 11.5 Å². The zero-order chi connectivity index (χ0) is 15.4. The van der Waals surface area contributed by atoms with Crippen molar-refractivity contribution >= 4 is 39.7 Å². The Morgan fingerprint density at radius 3 is 2.82 bits per heavy atom. The molecule has 0 radical (unpaired) electrons. The van der Waals surface area contributed by atoms with Crippen LogP contribution in [0.3, 0.4) is 0 Å². The number of aliphatic imine (C=N–C) groups is 1. The summed E-state index contributed by atoms with van der Waals surface area (Å²) in [6.45, 7) is 0. The first-order valence-corrected chi connectivity index (χ1v) is 6.86. The minimum absolute atomic E-state index is 0.0756. The fraction of sp³-hybridized carbons (Fsp3) is 0. The molecular weight excluding hydrogens is 307 g/mol. The number of hydrogen-bond acceptors (Lipinski definition) is 3. The largest absolute Gasteiger partial charge is 0.494 e. The topological polar surface area (TPSA) is 65.4 Å². The van der Waals surface area contributed by atoms with Gasteiger partial charge in [-0.05, 0) is 36.4 Å². The monoisotopic (exact) mass is 314 g/mol. The predicted molar refractivity (Wildman–Crippen MR) is 81.9 cm³/mol. The molecule has 0 amide bonds. The van der Waals surface area contributed by atoms with E-state index in [1.54, 1.807) is 12.1 Å². The summed E-state index contributed by atoms with van der Waals surface area (Å²) >= 11 is 5.90. The lowest BCUT2D eigenvalue weighted by Crippen LogP contribution is -2.10. The summed E-state index contributed by atoms with van der Waals surface area (Å²) in [6.07, 6.45) is 0. The minimum Gasteiger partial charge on any atom is -0.494 e. The molecule has 1 aromatic heterocycles. The van der Waals surface area contributed by atoms with Gasteiger partial charge in [0, 0.05) is 15.9 Å². The van der Waals surface area contributed by atoms with Gasteiger partial charge in [-0.25, -0.2) is 9.38 Å². The summed E-state index contributed by atoms with van der Waals surface area (Å²) in [4.78, 5) is 19.5. The van der Waals surface area contributed by atoms with Crippen molar-refractivity contribution in [1.82, 2.24) is 4.98 Å². The second-order valence-corrected chi connectivity index (χ2v) is 5.43. The van der Waals surface area contributed by atoms with E-state index in [0.717, 1.165) is 0 Å². The van der Waals surface area contributed by atoms with E-state index in [1.807, 2.05) is 0 Å². The van der Waals surface area contributed by atoms with E-state index in [2.05, 4.69) is 9.98 Å². The molecule has 2 heterocycles. The maximum Gasteiger partial charge on any atom is 0.214 e. The SMILES string of the molecule is O=C1C(c2c(O)[nH]c3ccc(F)cc23)=Nc2ccc(Cl)cc21. The van der Waals surface area contributed by atoms with Crippen molar-refractivity contribution in [3.8, 4) is 5.88 Å². The van der Waals surface area contributed by atoms with Crippen molar-refractivity contribution in [2.45, 2.75) is 0 Å². The molecule has 1 aliphatic heterocycles. The van der Waals surface area contributed by atoms with Crippen LogP contribution in [0.5, 0.6) is 5.88 Å². The van der Waals surface area contributed by atoms with Crippen LogP contribution in [0.4, 0.5) is 10.1 Å². The van der Waals surface area contributed by atoms with Crippen molar-refractivity contribution in [2.24, 2.45) is 4.99 Å². The van der Waals surface area contributed by atoms with Gasteiger partial charge < -0.3 is 10.1 Å². The predicted octanol–water partition coefficient (Wildman–Crippen LogP) is 3.98. The highest BCUT2D eigenvalue weighted by Crippen LogP contribution is 2.36. The van der Waals surface area contributed by atoms with Gasteiger partial charge in [-0.2, -0.15) is 0 Å². The summed E-state index contributed by atoms with van der Waals surface area (Å²) in [5.74, 6) is -1.02. The van der Waals surface area contributed by atoms with Crippen molar-refractivity contribution in [1.29, 1.82) is 0 Å². The smallest absolute Gasteiger partial charge is 0.214 e. The lowest BCUT2D eigenvalue weighted by molar-refractivity contribution is 0.107. The Balaban J connectivity index is 1.96. The van der Waals surface area contributed by atoms with E-state index in [-0.39, 0.29) is 22.9 Å². The zero-order valence-corrected chi connectivity index (χ0v) is 11.8. The number of aromatic amines is 1. The van der Waals surface area contributed by atoms with Crippen LogP contribution < -0.4 is 0 Å². The first kappa shape index (κ1) is 13.0. The number of nitrogens with zero attached hydrogens (tertiary/aromatic N) is 1. The number of aromatic nitrogens is 1. The molecule has 0 spiro atoms. The molecule has 0 bridgehead atoms. The van der Waals surface area contributed by atoms with Crippen molar-refractivity contribution in [3.05, 3.63) is 58.4 Å². The molecule has 0 aliphatic carbocycles. The number of hydrogen-bond donors (Lipinski definition) is 2. The quantitative estimate of drug-likeness (QED) is 0.713. The molecule has 0 saturated heterocycles. The molecule has 22 heavy (non-hydrogen) atoms. The van der Waals surface area contributed by atoms with Crippen LogP contribution in [0.25, 0.3) is 10.9 Å². The Morgan fingerprint density at radius 1 is 1.18 bits per heavy atom. The summed E-state index contributed by atoms with van der Waals surface area (Å²) in [5, 5.41) is 10.9. The number of carbonyl (C=O) groups is 1. The van der Waals surface area contributed by atoms with Crippen LogP contribution in [0.1, 0.15) is 15.9 Å². The fourth-order valence-corrected chi connectivity index (χ4v) is 2.82. The van der Waals surface area contributed by atoms with E-state index in [9.17, 15) is 14.3 Å². The highest BCUT2D eigenvalue weighted by Gasteiger charge is 2.30. The van der Waals surface area contributed by atoms with Crippen LogP contribution in [-0.2, 0) is 0 Å². The number of benzene rings is 2. The average molecular weight is 315 g/mol. The number of halogens is 2. The van der Waals surface area contributed by atoms with Gasteiger partial charge in [-0.1, -0.05) is 11.6 Å². The highest BCUT2D eigenvalue weighted by molar-refractivity contribution is 6.57. The van der Waals surface area contributed by atoms with E-state index < -0.39 is 5.82 Å². The third-order valence-corrected chi connectivity index (χ3v) is 3.86. The number of aromatic hydroxyl groups is 1. The van der Waals surface area contributed by atoms with Gasteiger partial charge in [0.05, 0.1) is 16.8 Å². The Bertz CT molecular complexity index is 991. The molecule has 4 nitrogen and oxygen atoms in total. The normalized spacial score (nSPS) is 13.5. The Hall–Kier alpha value is -2.66.